The van der Waals surface area contributed by atoms with E-state index < -0.39 is 40.8 Å². The van der Waals surface area contributed by atoms with Crippen LogP contribution in [0.3, 0.4) is 0 Å². The quantitative estimate of drug-likeness (QED) is 0.0181. The summed E-state index contributed by atoms with van der Waals surface area (Å²) in [7, 11) is 0. The standard InChI is InChI=1S/C29H24N8O2.C28H18N8O2.C27H19N5O3.C21H15N9O3/c1-29(2,3)25-23(30-4)26(37(36-25)28-31-15-10-16-32-28)35-34-22-20-14-9-8-11-18(20)17-21(24(22)38)27(39)33-19-12-6-5-7-13-19;1-29-23-16-30-36(28-32-21-13-7-8-14-22(21)33-28)26(23)35-34-24-19-12-6-5-9-17(19)15-20(25(24)37)27(38)31-18-10-3-2-4-11-18;33-17-19-16-28-32(21-12-5-2-6-13-21)26(19)31-30-24-22-14-8-7-9-18(22)15-23(25(24)34)27(35)29-20-10-3-1-4-11-20;1-24-15-10-26-30(16-4-2-3-7-25-16)20(15)29-28-17-13-6-5-12(27-21(23)33)8-11(13)9-14(18(17)31)19(22)32/h5-17,38H,1-3H3,(H,33,39);2-16,37H,(H,31,38)(H,32,33);1-17,34H,(H,29,35);2-10,31H,(H2,22,32)(H3,23,27,33). The lowest BCUT2D eigenvalue weighted by molar-refractivity contribution is 0.0992. The molecule has 0 bridgehead atoms. The summed E-state index contributed by atoms with van der Waals surface area (Å²) in [4.78, 5) is 105. The fourth-order valence-electron chi connectivity index (χ4n) is 15.0. The van der Waals surface area contributed by atoms with Gasteiger partial charge in [-0.15, -0.1) is 40.9 Å². The number of nitrogens with zero attached hydrogens (tertiary/aromatic N) is 23. The number of aldehydes is 1. The minimum Gasteiger partial charge on any atom is -0.505 e. The van der Waals surface area contributed by atoms with Crippen molar-refractivity contribution in [3.05, 3.63) is 390 Å². The average Bonchev–Trinajstić information content (AvgIpc) is 1.22. The van der Waals surface area contributed by atoms with E-state index in [2.05, 4.69) is 122 Å². The van der Waals surface area contributed by atoms with Gasteiger partial charge < -0.3 is 58.1 Å². The zero-order valence-electron chi connectivity index (χ0n) is 76.4. The van der Waals surface area contributed by atoms with Crippen LogP contribution in [-0.4, -0.2) is 120 Å². The second kappa shape index (κ2) is 42.3. The van der Waals surface area contributed by atoms with Crippen molar-refractivity contribution < 1.29 is 49.2 Å². The van der Waals surface area contributed by atoms with E-state index in [1.807, 2.05) is 130 Å². The third-order valence-electron chi connectivity index (χ3n) is 21.8. The molecule has 6 amide bonds. The molecule has 40 heteroatoms. The first kappa shape index (κ1) is 95.1. The van der Waals surface area contributed by atoms with Crippen LogP contribution in [0.1, 0.15) is 78.3 Å². The number of aromatic hydroxyl groups is 4. The molecule has 0 unspecified atom stereocenters. The Balaban J connectivity index is 0.000000133. The minimum atomic E-state index is -0.889. The van der Waals surface area contributed by atoms with E-state index in [1.54, 1.807) is 176 Å². The van der Waals surface area contributed by atoms with Gasteiger partial charge in [-0.05, 0) is 148 Å². The Hall–Kier alpha value is -21.7. The Morgan fingerprint density at radius 2 is 0.821 bits per heavy atom. The van der Waals surface area contributed by atoms with Gasteiger partial charge in [0.2, 0.25) is 5.95 Å². The number of primary amides is 2. The predicted molar refractivity (Wildman–Crippen MR) is 544 cm³/mol. The van der Waals surface area contributed by atoms with Crippen LogP contribution in [0.2, 0.25) is 0 Å². The van der Waals surface area contributed by atoms with Crippen molar-refractivity contribution in [3.8, 4) is 46.4 Å². The van der Waals surface area contributed by atoms with Crippen LogP contribution in [-0.2, 0) is 5.41 Å². The Morgan fingerprint density at radius 3 is 1.28 bits per heavy atom. The number of para-hydroxylation sites is 6. The number of nitrogens with two attached hydrogens (primary N) is 2. The van der Waals surface area contributed by atoms with Gasteiger partial charge in [0, 0.05) is 62.9 Å². The van der Waals surface area contributed by atoms with Crippen molar-refractivity contribution in [2.75, 3.05) is 21.3 Å². The highest BCUT2D eigenvalue weighted by atomic mass is 16.3. The number of imidazole rings is 1. The van der Waals surface area contributed by atoms with Gasteiger partial charge in [0.05, 0.1) is 88.5 Å². The number of benzene rings is 13. The zero-order chi connectivity index (χ0) is 101. The third-order valence-corrected chi connectivity index (χ3v) is 21.8. The number of nitrogens with one attached hydrogen (secondary N) is 5. The van der Waals surface area contributed by atoms with Gasteiger partial charge in [-0.3, -0.25) is 24.0 Å². The number of carbonyl (C=O) groups is 6. The number of H-pyrrole nitrogens is 1. The molecule has 0 saturated carbocycles. The maximum absolute atomic E-state index is 13.1. The first-order chi connectivity index (χ1) is 70.4. The molecule has 20 rings (SSSR count). The van der Waals surface area contributed by atoms with E-state index in [-0.39, 0.29) is 114 Å². The summed E-state index contributed by atoms with van der Waals surface area (Å²) in [6, 6.07) is 82.0. The Labute approximate surface area is 821 Å². The molecule has 0 atom stereocenters. The number of urea groups is 1. The van der Waals surface area contributed by atoms with Crippen molar-refractivity contribution in [1.82, 2.24) is 64.0 Å². The van der Waals surface area contributed by atoms with Gasteiger partial charge in [-0.1, -0.05) is 185 Å². The van der Waals surface area contributed by atoms with Crippen LogP contribution < -0.4 is 32.7 Å². The number of aromatic nitrogens is 13. The number of aromatic amines is 1. The van der Waals surface area contributed by atoms with E-state index in [0.29, 0.717) is 95.3 Å². The van der Waals surface area contributed by atoms with Crippen LogP contribution in [0.4, 0.5) is 90.6 Å². The molecule has 0 spiro atoms. The highest BCUT2D eigenvalue weighted by Gasteiger charge is 2.31. The number of azo groups is 4. The van der Waals surface area contributed by atoms with E-state index in [9.17, 15) is 49.2 Å². The Bertz CT molecular complexity index is 8650. The number of carbonyl (C=O) groups excluding carboxylic acids is 6. The molecule has 7 heterocycles. The molecule has 0 saturated heterocycles. The Morgan fingerprint density at radius 1 is 0.400 bits per heavy atom. The van der Waals surface area contributed by atoms with Gasteiger partial charge in [0.1, 0.15) is 22.7 Å². The molecule has 145 heavy (non-hydrogen) atoms. The molecular weight excluding hydrogens is 1840 g/mol. The lowest BCUT2D eigenvalue weighted by Crippen LogP contribution is -2.19. The van der Waals surface area contributed by atoms with Crippen LogP contribution in [0.15, 0.2) is 363 Å². The van der Waals surface area contributed by atoms with Gasteiger partial charge in [0.15, 0.2) is 58.4 Å². The maximum Gasteiger partial charge on any atom is 0.316 e. The summed E-state index contributed by atoms with van der Waals surface area (Å²) in [5.41, 5.74) is 15.8. The molecule has 0 aliphatic rings. The monoisotopic (exact) mass is 1920 g/mol. The first-order valence-electron chi connectivity index (χ1n) is 43.7. The third kappa shape index (κ3) is 20.7. The van der Waals surface area contributed by atoms with Crippen molar-refractivity contribution in [3.63, 3.8) is 0 Å². The second-order valence-electron chi connectivity index (χ2n) is 32.4. The molecule has 13 aromatic carbocycles. The number of phenols is 4. The molecule has 0 aliphatic heterocycles. The van der Waals surface area contributed by atoms with Gasteiger partial charge >= 0.3 is 6.03 Å². The second-order valence-corrected chi connectivity index (χ2v) is 32.4. The Kier molecular flexibility index (Phi) is 27.7. The van der Waals surface area contributed by atoms with E-state index in [0.717, 1.165) is 11.0 Å². The topological polar surface area (TPSA) is 534 Å². The SMILES string of the molecule is O=Cc1cnn(-c2ccccc2)c1N=Nc1c(O)c(C(=O)Nc2ccccc2)cc2ccccc12.[C-]#[N+]c1c(C(C)(C)C)nn(-c2ncccn2)c1N=Nc1c(O)c(C(=O)Nc2ccccc2)cc2ccccc12.[C-]#[N+]c1cnn(-c2ccccn2)c1N=Nc1c(O)c(C(N)=O)cc2cc(NC(N)=O)ccc12.[C-]#[N+]c1cnn(-c2nc3ccccc3[nH]2)c1N=Nc1c(O)c(C(=O)Nc2ccccc2)cc2ccccc12. The number of anilines is 4. The maximum atomic E-state index is 13.1. The van der Waals surface area contributed by atoms with Gasteiger partial charge in [-0.25, -0.2) is 48.6 Å². The van der Waals surface area contributed by atoms with Crippen LogP contribution >= 0.6 is 0 Å². The summed E-state index contributed by atoms with van der Waals surface area (Å²) < 4.78 is 5.55. The van der Waals surface area contributed by atoms with Gasteiger partial charge in [0.25, 0.3) is 46.6 Å². The zero-order valence-corrected chi connectivity index (χ0v) is 76.4. The van der Waals surface area contributed by atoms with E-state index >= 15 is 0 Å². The summed E-state index contributed by atoms with van der Waals surface area (Å²) >= 11 is 0. The molecule has 13 N–H and O–H groups in total. The van der Waals surface area contributed by atoms with Crippen molar-refractivity contribution in [1.29, 1.82) is 0 Å². The number of rotatable bonds is 21. The molecule has 7 aromatic heterocycles. The largest absolute Gasteiger partial charge is 0.505 e. The molecule has 40 nitrogen and oxygen atoms in total. The molecule has 20 aromatic rings. The molecule has 0 radical (unpaired) electrons. The number of amides is 6. The number of phenolic OH excluding ortho intramolecular Hbond substituents is 3. The smallest absolute Gasteiger partial charge is 0.316 e. The summed E-state index contributed by atoms with van der Waals surface area (Å²) in [6.45, 7) is 28.6. The highest BCUT2D eigenvalue weighted by Crippen LogP contribution is 2.48. The average molecular weight is 1920 g/mol. The lowest BCUT2D eigenvalue weighted by Gasteiger charge is -2.15. The van der Waals surface area contributed by atoms with Crippen LogP contribution in [0.5, 0.6) is 23.0 Å². The predicted octanol–water partition coefficient (Wildman–Crippen LogP) is 23.8. The van der Waals surface area contributed by atoms with Crippen LogP contribution in [0, 0.1) is 19.7 Å². The lowest BCUT2D eigenvalue weighted by atomic mass is 9.91. The van der Waals surface area contributed by atoms with Crippen molar-refractivity contribution in [2.24, 2.45) is 52.4 Å². The molecule has 0 fully saturated rings. The summed E-state index contributed by atoms with van der Waals surface area (Å²) in [6.07, 6.45) is 9.41. The highest BCUT2D eigenvalue weighted by molar-refractivity contribution is 6.15. The van der Waals surface area contributed by atoms with E-state index in [4.69, 9.17) is 31.2 Å². The van der Waals surface area contributed by atoms with Crippen LogP contribution in [0.25, 0.3) is 92.1 Å². The van der Waals surface area contributed by atoms with Gasteiger partial charge in [-0.2, -0.15) is 29.8 Å². The fraction of sp³-hybridized carbons (Fsp3) is 0.0381. The van der Waals surface area contributed by atoms with Crippen molar-refractivity contribution in [2.45, 2.75) is 26.2 Å². The fourth-order valence-corrected chi connectivity index (χ4v) is 15.0. The number of hydrogen-bond acceptors (Lipinski definition) is 26. The molecule has 0 aliphatic carbocycles. The summed E-state index contributed by atoms with van der Waals surface area (Å²) in [5, 5.41) is 111. The number of pyridine rings is 1. The number of fused-ring (bicyclic) bond motifs is 5. The minimum absolute atomic E-state index is 0.0344. The molecular formula is C105H76N30O10. The molecule has 706 valence electrons. The van der Waals surface area contributed by atoms with Crippen molar-refractivity contribution >= 4 is 176 Å². The first-order valence-corrected chi connectivity index (χ1v) is 43.7. The summed E-state index contributed by atoms with van der Waals surface area (Å²) in [5.74, 6) is -2.34. The normalized spacial score (nSPS) is 11.2. The van der Waals surface area contributed by atoms with E-state index in [1.165, 1.54) is 55.5 Å². The number of hydrogen-bond donors (Lipinski definition) is 11.